The molecule has 0 radical (unpaired) electrons. The summed E-state index contributed by atoms with van der Waals surface area (Å²) < 4.78 is 3.21. The Bertz CT molecular complexity index is 1300. The van der Waals surface area contributed by atoms with E-state index in [-0.39, 0.29) is 11.5 Å². The highest BCUT2D eigenvalue weighted by molar-refractivity contribution is 5.94. The molecule has 4 rings (SSSR count). The van der Waals surface area contributed by atoms with Crippen LogP contribution < -0.4 is 10.9 Å². The number of hydrogen-bond donors (Lipinski definition) is 1. The molecule has 1 N–H and O–H groups in total. The minimum Gasteiger partial charge on any atom is -0.350 e. The second-order valence-corrected chi connectivity index (χ2v) is 7.60. The van der Waals surface area contributed by atoms with Crippen molar-refractivity contribution in [2.75, 3.05) is 6.54 Å². The van der Waals surface area contributed by atoms with Gasteiger partial charge in [0.1, 0.15) is 5.52 Å². The largest absolute Gasteiger partial charge is 0.350 e. The summed E-state index contributed by atoms with van der Waals surface area (Å²) in [5.41, 5.74) is 6.09. The molecule has 0 saturated carbocycles. The molecule has 2 aromatic carbocycles. The van der Waals surface area contributed by atoms with Gasteiger partial charge in [-0.25, -0.2) is 4.52 Å². The molecule has 1 amide bonds. The first-order chi connectivity index (χ1) is 14.4. The zero-order valence-electron chi connectivity index (χ0n) is 17.3. The molecule has 0 saturated heterocycles. The molecule has 0 aliphatic heterocycles. The molecule has 2 heterocycles. The standard InChI is InChI=1S/C24H24N4O2/c1-16-5-4-6-19(13-16)23(29)25-9-10-27-11-12-28-22(24(27)30)15-21(26-28)20-14-17(2)7-8-18(20)3/h4-8,11-15H,9-10H2,1-3H3,(H,25,29). The van der Waals surface area contributed by atoms with Gasteiger partial charge in [-0.05, 0) is 50.6 Å². The van der Waals surface area contributed by atoms with Crippen LogP contribution in [0.2, 0.25) is 0 Å². The lowest BCUT2D eigenvalue weighted by Gasteiger charge is -2.08. The summed E-state index contributed by atoms with van der Waals surface area (Å²) in [5.74, 6) is -0.144. The zero-order chi connectivity index (χ0) is 21.3. The fraction of sp³-hybridized carbons (Fsp3) is 0.208. The summed E-state index contributed by atoms with van der Waals surface area (Å²) in [6.45, 7) is 6.77. The SMILES string of the molecule is Cc1cccc(C(=O)NCCn2ccn3nc(-c4cc(C)ccc4C)cc3c2=O)c1. The van der Waals surface area contributed by atoms with Crippen LogP contribution in [0.3, 0.4) is 0 Å². The highest BCUT2D eigenvalue weighted by atomic mass is 16.1. The molecule has 0 unspecified atom stereocenters. The van der Waals surface area contributed by atoms with E-state index < -0.39 is 0 Å². The van der Waals surface area contributed by atoms with Gasteiger partial charge in [0.2, 0.25) is 0 Å². The van der Waals surface area contributed by atoms with Crippen LogP contribution in [0.4, 0.5) is 0 Å². The van der Waals surface area contributed by atoms with Crippen LogP contribution in [-0.4, -0.2) is 26.6 Å². The number of nitrogens with zero attached hydrogens (tertiary/aromatic N) is 3. The third kappa shape index (κ3) is 3.89. The van der Waals surface area contributed by atoms with E-state index in [1.165, 1.54) is 0 Å². The number of nitrogens with one attached hydrogen (secondary N) is 1. The third-order valence-electron chi connectivity index (χ3n) is 5.19. The molecule has 0 spiro atoms. The number of hydrogen-bond acceptors (Lipinski definition) is 3. The Labute approximate surface area is 174 Å². The van der Waals surface area contributed by atoms with Gasteiger partial charge >= 0.3 is 0 Å². The van der Waals surface area contributed by atoms with Gasteiger partial charge in [-0.1, -0.05) is 35.4 Å². The Morgan fingerprint density at radius 3 is 2.60 bits per heavy atom. The Balaban J connectivity index is 1.53. The maximum absolute atomic E-state index is 12.9. The van der Waals surface area contributed by atoms with Crippen molar-refractivity contribution in [1.29, 1.82) is 0 Å². The molecule has 30 heavy (non-hydrogen) atoms. The molecule has 6 nitrogen and oxygen atoms in total. The summed E-state index contributed by atoms with van der Waals surface area (Å²) in [6, 6.07) is 15.5. The number of amides is 1. The van der Waals surface area contributed by atoms with Gasteiger partial charge in [0.15, 0.2) is 0 Å². The van der Waals surface area contributed by atoms with E-state index in [1.54, 1.807) is 27.5 Å². The van der Waals surface area contributed by atoms with Crippen LogP contribution in [0, 0.1) is 20.8 Å². The van der Waals surface area contributed by atoms with Crippen LogP contribution in [0.25, 0.3) is 16.8 Å². The van der Waals surface area contributed by atoms with Crippen molar-refractivity contribution in [3.63, 3.8) is 0 Å². The lowest BCUT2D eigenvalue weighted by Crippen LogP contribution is -2.31. The maximum atomic E-state index is 12.9. The number of fused-ring (bicyclic) bond motifs is 1. The summed E-state index contributed by atoms with van der Waals surface area (Å²) >= 11 is 0. The molecule has 6 heteroatoms. The molecule has 4 aromatic rings. The number of rotatable bonds is 5. The monoisotopic (exact) mass is 400 g/mol. The number of aromatic nitrogens is 3. The van der Waals surface area contributed by atoms with Gasteiger partial charge in [0.05, 0.1) is 5.69 Å². The van der Waals surface area contributed by atoms with Crippen LogP contribution in [0.1, 0.15) is 27.0 Å². The molecule has 2 aromatic heterocycles. The maximum Gasteiger partial charge on any atom is 0.276 e. The van der Waals surface area contributed by atoms with Gasteiger partial charge < -0.3 is 9.88 Å². The molecule has 0 aliphatic rings. The van der Waals surface area contributed by atoms with Crippen LogP contribution >= 0.6 is 0 Å². The van der Waals surface area contributed by atoms with Crippen LogP contribution in [-0.2, 0) is 6.54 Å². The van der Waals surface area contributed by atoms with E-state index in [0.29, 0.717) is 24.2 Å². The third-order valence-corrected chi connectivity index (χ3v) is 5.19. The van der Waals surface area contributed by atoms with Crippen molar-refractivity contribution < 1.29 is 4.79 Å². The Kier molecular flexibility index (Phi) is 5.23. The number of carbonyl (C=O) groups is 1. The van der Waals surface area contributed by atoms with Crippen molar-refractivity contribution >= 4 is 11.4 Å². The van der Waals surface area contributed by atoms with E-state index in [9.17, 15) is 9.59 Å². The van der Waals surface area contributed by atoms with Crippen molar-refractivity contribution in [2.24, 2.45) is 0 Å². The van der Waals surface area contributed by atoms with Crippen molar-refractivity contribution in [3.8, 4) is 11.3 Å². The fourth-order valence-corrected chi connectivity index (χ4v) is 3.52. The smallest absolute Gasteiger partial charge is 0.276 e. The quantitative estimate of drug-likeness (QED) is 0.557. The van der Waals surface area contributed by atoms with Crippen molar-refractivity contribution in [1.82, 2.24) is 19.5 Å². The second kappa shape index (κ2) is 7.99. The first-order valence-corrected chi connectivity index (χ1v) is 9.94. The summed E-state index contributed by atoms with van der Waals surface area (Å²) in [5, 5.41) is 7.45. The molecule has 0 fully saturated rings. The predicted molar refractivity (Wildman–Crippen MR) is 118 cm³/mol. The van der Waals surface area contributed by atoms with Gasteiger partial charge in [0.25, 0.3) is 11.5 Å². The average Bonchev–Trinajstić information content (AvgIpc) is 3.16. The minimum absolute atomic E-state index is 0.133. The van der Waals surface area contributed by atoms with E-state index in [0.717, 1.165) is 27.9 Å². The zero-order valence-corrected chi connectivity index (χ0v) is 17.3. The first-order valence-electron chi connectivity index (χ1n) is 9.94. The van der Waals surface area contributed by atoms with Gasteiger partial charge in [-0.2, -0.15) is 5.10 Å². The van der Waals surface area contributed by atoms with E-state index in [4.69, 9.17) is 0 Å². The summed E-state index contributed by atoms with van der Waals surface area (Å²) in [4.78, 5) is 25.2. The summed E-state index contributed by atoms with van der Waals surface area (Å²) in [6.07, 6.45) is 3.47. The van der Waals surface area contributed by atoms with E-state index >= 15 is 0 Å². The number of aryl methyl sites for hydroxylation is 3. The molecule has 0 atom stereocenters. The molecular formula is C24H24N4O2. The van der Waals surface area contributed by atoms with Crippen LogP contribution in [0.15, 0.2) is 65.7 Å². The number of carbonyl (C=O) groups excluding carboxylic acids is 1. The molecule has 0 aliphatic carbocycles. The predicted octanol–water partition coefficient (Wildman–Crippen LogP) is 3.52. The minimum atomic E-state index is -0.144. The van der Waals surface area contributed by atoms with Gasteiger partial charge in [-0.3, -0.25) is 9.59 Å². The lowest BCUT2D eigenvalue weighted by molar-refractivity contribution is 0.0952. The first kappa shape index (κ1) is 19.6. The number of benzene rings is 2. The Morgan fingerprint density at radius 2 is 1.80 bits per heavy atom. The topological polar surface area (TPSA) is 68.4 Å². The van der Waals surface area contributed by atoms with Crippen molar-refractivity contribution in [3.05, 3.63) is 93.5 Å². The normalized spacial score (nSPS) is 11.0. The molecule has 152 valence electrons. The molecular weight excluding hydrogens is 376 g/mol. The lowest BCUT2D eigenvalue weighted by atomic mass is 10.0. The van der Waals surface area contributed by atoms with Crippen LogP contribution in [0.5, 0.6) is 0 Å². The van der Waals surface area contributed by atoms with E-state index in [2.05, 4.69) is 28.6 Å². The highest BCUT2D eigenvalue weighted by Crippen LogP contribution is 2.23. The van der Waals surface area contributed by atoms with Crippen molar-refractivity contribution in [2.45, 2.75) is 27.3 Å². The fourth-order valence-electron chi connectivity index (χ4n) is 3.52. The second-order valence-electron chi connectivity index (χ2n) is 7.60. The average molecular weight is 400 g/mol. The Hall–Kier alpha value is -3.67. The Morgan fingerprint density at radius 1 is 1.00 bits per heavy atom. The molecule has 0 bridgehead atoms. The van der Waals surface area contributed by atoms with Gasteiger partial charge in [-0.15, -0.1) is 0 Å². The summed E-state index contributed by atoms with van der Waals surface area (Å²) in [7, 11) is 0. The highest BCUT2D eigenvalue weighted by Gasteiger charge is 2.11. The van der Waals surface area contributed by atoms with E-state index in [1.807, 2.05) is 45.0 Å². The van der Waals surface area contributed by atoms with Gasteiger partial charge in [0, 0.05) is 36.6 Å².